The molecule has 0 aliphatic carbocycles. The van der Waals surface area contributed by atoms with Gasteiger partial charge in [-0.25, -0.2) is 0 Å². The summed E-state index contributed by atoms with van der Waals surface area (Å²) < 4.78 is 0. The quantitative estimate of drug-likeness (QED) is 0.300. The number of hydrogen-bond donors (Lipinski definition) is 1. The lowest BCUT2D eigenvalue weighted by Crippen LogP contribution is -2.23. The van der Waals surface area contributed by atoms with Gasteiger partial charge in [-0.05, 0) is 98.8 Å². The van der Waals surface area contributed by atoms with E-state index in [2.05, 4.69) is 90.6 Å². The van der Waals surface area contributed by atoms with Gasteiger partial charge in [0, 0.05) is 31.0 Å². The number of aryl methyl sites for hydroxylation is 1. The molecule has 0 spiro atoms. The summed E-state index contributed by atoms with van der Waals surface area (Å²) in [4.78, 5) is 2.42. The van der Waals surface area contributed by atoms with Crippen LogP contribution in [0.5, 0.6) is 0 Å². The average Bonchev–Trinajstić information content (AvgIpc) is 2.86. The van der Waals surface area contributed by atoms with Crippen LogP contribution in [0.4, 0.5) is 22.7 Å². The summed E-state index contributed by atoms with van der Waals surface area (Å²) >= 11 is 0. The maximum absolute atomic E-state index is 9.02. The Morgan fingerprint density at radius 3 is 2.41 bits per heavy atom. The Labute approximate surface area is 204 Å². The molecule has 0 amide bonds. The first-order chi connectivity index (χ1) is 16.6. The van der Waals surface area contributed by atoms with Gasteiger partial charge in [0.1, 0.15) is 0 Å². The summed E-state index contributed by atoms with van der Waals surface area (Å²) in [6, 6.07) is 22.4. The van der Waals surface area contributed by atoms with Crippen LogP contribution in [0.15, 0.2) is 70.9 Å². The Morgan fingerprint density at radius 2 is 1.74 bits per heavy atom. The molecule has 0 radical (unpaired) electrons. The third kappa shape index (κ3) is 6.68. The minimum atomic E-state index is 0.617. The van der Waals surface area contributed by atoms with E-state index in [0.717, 1.165) is 43.0 Å². The molecule has 0 saturated heterocycles. The number of unbranched alkanes of at least 4 members (excludes halogenated alkanes) is 1. The minimum Gasteiger partial charge on any atom is -0.385 e. The normalized spacial score (nSPS) is 10.9. The van der Waals surface area contributed by atoms with Crippen LogP contribution in [-0.4, -0.2) is 19.6 Å². The number of azo groups is 1. The first-order valence-corrected chi connectivity index (χ1v) is 12.2. The number of nitrogens with zero attached hydrogens (tertiary/aromatic N) is 4. The Morgan fingerprint density at radius 1 is 0.941 bits per heavy atom. The number of nitriles is 1. The second kappa shape index (κ2) is 12.6. The zero-order valence-electron chi connectivity index (χ0n) is 20.8. The van der Waals surface area contributed by atoms with Crippen LogP contribution >= 0.6 is 0 Å². The Hall–Kier alpha value is -3.65. The summed E-state index contributed by atoms with van der Waals surface area (Å²) in [7, 11) is 0. The van der Waals surface area contributed by atoms with Gasteiger partial charge in [0.05, 0.1) is 23.0 Å². The molecule has 34 heavy (non-hydrogen) atoms. The van der Waals surface area contributed by atoms with Gasteiger partial charge < -0.3 is 10.2 Å². The molecule has 3 aromatic carbocycles. The third-order valence-corrected chi connectivity index (χ3v) is 5.92. The molecule has 0 fully saturated rings. The second-order valence-corrected chi connectivity index (χ2v) is 8.46. The SMILES string of the molecule is CCCCN(CC)c1ccc(N=Nc2ccc(C#N)cc2)c(Cc2ccc(C)c(NCC)c2)c1. The van der Waals surface area contributed by atoms with Gasteiger partial charge in [0.2, 0.25) is 0 Å². The molecular formula is C29H35N5. The second-order valence-electron chi connectivity index (χ2n) is 8.46. The van der Waals surface area contributed by atoms with Crippen LogP contribution in [-0.2, 0) is 6.42 Å². The lowest BCUT2D eigenvalue weighted by atomic mass is 10.00. The fourth-order valence-electron chi connectivity index (χ4n) is 3.92. The lowest BCUT2D eigenvalue weighted by molar-refractivity contribution is 0.732. The lowest BCUT2D eigenvalue weighted by Gasteiger charge is -2.24. The summed E-state index contributed by atoms with van der Waals surface area (Å²) in [6.07, 6.45) is 3.13. The van der Waals surface area contributed by atoms with Crippen molar-refractivity contribution in [2.75, 3.05) is 29.9 Å². The first kappa shape index (κ1) is 25.0. The summed E-state index contributed by atoms with van der Waals surface area (Å²) in [5, 5.41) is 21.5. The topological polar surface area (TPSA) is 63.8 Å². The van der Waals surface area contributed by atoms with Crippen molar-refractivity contribution < 1.29 is 0 Å². The molecule has 176 valence electrons. The van der Waals surface area contributed by atoms with Crippen LogP contribution < -0.4 is 10.2 Å². The molecule has 3 rings (SSSR count). The van der Waals surface area contributed by atoms with Crippen molar-refractivity contribution in [3.05, 3.63) is 82.9 Å². The van der Waals surface area contributed by atoms with Gasteiger partial charge in [-0.3, -0.25) is 0 Å². The number of rotatable bonds is 11. The zero-order chi connectivity index (χ0) is 24.3. The van der Waals surface area contributed by atoms with E-state index in [1.807, 2.05) is 12.1 Å². The zero-order valence-corrected chi connectivity index (χ0v) is 20.8. The van der Waals surface area contributed by atoms with Gasteiger partial charge in [-0.1, -0.05) is 25.5 Å². The van der Waals surface area contributed by atoms with Crippen molar-refractivity contribution in [1.29, 1.82) is 5.26 Å². The molecule has 0 atom stereocenters. The van der Waals surface area contributed by atoms with Crippen LogP contribution in [0.2, 0.25) is 0 Å². The third-order valence-electron chi connectivity index (χ3n) is 5.92. The van der Waals surface area contributed by atoms with E-state index in [-0.39, 0.29) is 0 Å². The smallest absolute Gasteiger partial charge is 0.0991 e. The maximum Gasteiger partial charge on any atom is 0.0991 e. The molecule has 0 bridgehead atoms. The van der Waals surface area contributed by atoms with E-state index in [1.165, 1.54) is 35.3 Å². The predicted octanol–water partition coefficient (Wildman–Crippen LogP) is 7.93. The van der Waals surface area contributed by atoms with Crippen LogP contribution in [0.3, 0.4) is 0 Å². The summed E-state index contributed by atoms with van der Waals surface area (Å²) in [5.41, 5.74) is 8.25. The number of anilines is 2. The summed E-state index contributed by atoms with van der Waals surface area (Å²) in [5.74, 6) is 0. The van der Waals surface area contributed by atoms with Crippen LogP contribution in [0, 0.1) is 18.3 Å². The molecule has 5 nitrogen and oxygen atoms in total. The van der Waals surface area contributed by atoms with Crippen molar-refractivity contribution in [2.24, 2.45) is 10.2 Å². The van der Waals surface area contributed by atoms with Crippen molar-refractivity contribution in [3.8, 4) is 6.07 Å². The Bertz CT molecular complexity index is 1140. The highest BCUT2D eigenvalue weighted by Crippen LogP contribution is 2.30. The van der Waals surface area contributed by atoms with Crippen molar-refractivity contribution in [2.45, 2.75) is 47.0 Å². The van der Waals surface area contributed by atoms with E-state index in [1.54, 1.807) is 12.1 Å². The minimum absolute atomic E-state index is 0.617. The number of benzene rings is 3. The molecule has 3 aromatic rings. The first-order valence-electron chi connectivity index (χ1n) is 12.2. The Balaban J connectivity index is 1.96. The van der Waals surface area contributed by atoms with E-state index in [0.29, 0.717) is 5.56 Å². The fourth-order valence-corrected chi connectivity index (χ4v) is 3.92. The standard InChI is InChI=1S/C29H35N5/c1-5-8-17-34(7-3)27-15-16-28(33-32-26-13-11-23(21-30)12-14-26)25(20-27)18-24-10-9-22(4)29(19-24)31-6-2/h9-16,19-20,31H,5-8,17-18H2,1-4H3. The van der Waals surface area contributed by atoms with Crippen molar-refractivity contribution in [3.63, 3.8) is 0 Å². The Kier molecular flexibility index (Phi) is 9.22. The molecular weight excluding hydrogens is 418 g/mol. The number of hydrogen-bond acceptors (Lipinski definition) is 5. The van der Waals surface area contributed by atoms with Gasteiger partial charge in [0.15, 0.2) is 0 Å². The molecule has 1 N–H and O–H groups in total. The highest BCUT2D eigenvalue weighted by Gasteiger charge is 2.11. The number of nitrogens with one attached hydrogen (secondary N) is 1. The van der Waals surface area contributed by atoms with Crippen molar-refractivity contribution in [1.82, 2.24) is 0 Å². The van der Waals surface area contributed by atoms with E-state index in [9.17, 15) is 0 Å². The van der Waals surface area contributed by atoms with Gasteiger partial charge in [-0.2, -0.15) is 15.5 Å². The average molecular weight is 454 g/mol. The molecule has 5 heteroatoms. The largest absolute Gasteiger partial charge is 0.385 e. The fraction of sp³-hybridized carbons (Fsp3) is 0.345. The van der Waals surface area contributed by atoms with E-state index >= 15 is 0 Å². The molecule has 0 aromatic heterocycles. The van der Waals surface area contributed by atoms with Gasteiger partial charge >= 0.3 is 0 Å². The van der Waals surface area contributed by atoms with Gasteiger partial charge in [-0.15, -0.1) is 0 Å². The van der Waals surface area contributed by atoms with Crippen LogP contribution in [0.1, 0.15) is 55.9 Å². The van der Waals surface area contributed by atoms with Gasteiger partial charge in [0.25, 0.3) is 0 Å². The van der Waals surface area contributed by atoms with Crippen molar-refractivity contribution >= 4 is 22.7 Å². The van der Waals surface area contributed by atoms with E-state index < -0.39 is 0 Å². The molecule has 0 aliphatic rings. The van der Waals surface area contributed by atoms with Crippen LogP contribution in [0.25, 0.3) is 0 Å². The molecule has 0 heterocycles. The highest BCUT2D eigenvalue weighted by molar-refractivity contribution is 5.60. The molecule has 0 saturated carbocycles. The predicted molar refractivity (Wildman–Crippen MR) is 143 cm³/mol. The molecule has 0 aliphatic heterocycles. The monoisotopic (exact) mass is 453 g/mol. The maximum atomic E-state index is 9.02. The van der Waals surface area contributed by atoms with E-state index in [4.69, 9.17) is 5.26 Å². The molecule has 0 unspecified atom stereocenters. The summed E-state index contributed by atoms with van der Waals surface area (Å²) in [6.45, 7) is 11.6. The highest BCUT2D eigenvalue weighted by atomic mass is 15.1.